The van der Waals surface area contributed by atoms with Crippen molar-refractivity contribution in [3.05, 3.63) is 111 Å². The average molecular weight is 887 g/mol. The standard InChI is InChI=1S/C45H46F4N8O7/c1-24-22-56(23-25(2)55(24)3)35-13-11-26(19-34(35)53-41(61)30-21-52-38(59)20-31(30)45(47,48)49)28-12-10-27(18-32(28)46)40(60)51-17-6-4-5-16-50-33-9-7-8-29-39(33)44(64)57(43(29)63)36-14-15-37(58)54-42(36)62/h7-13,18-21,24-25,36,50H,4-6,14-17,22-23H2,1-3H3,(H,51,60)(H,52,59)(H,53,61)(H,54,58,62)/t24-,25+,36?. The Balaban J connectivity index is 0.968. The van der Waals surface area contributed by atoms with E-state index in [-0.39, 0.29) is 65.0 Å². The molecular weight excluding hydrogens is 841 g/mol. The molecule has 1 unspecified atom stereocenters. The fourth-order valence-corrected chi connectivity index (χ4v) is 8.27. The molecule has 0 bridgehead atoms. The Bertz CT molecular complexity index is 2590. The molecular formula is C45H46F4N8O7. The molecule has 19 heteroatoms. The van der Waals surface area contributed by atoms with Crippen molar-refractivity contribution in [2.24, 2.45) is 0 Å². The van der Waals surface area contributed by atoms with Crippen LogP contribution in [-0.2, 0) is 15.8 Å². The van der Waals surface area contributed by atoms with Crippen LogP contribution in [0.2, 0.25) is 0 Å². The number of fused-ring (bicyclic) bond motifs is 1. The van der Waals surface area contributed by atoms with Gasteiger partial charge in [0.05, 0.1) is 33.6 Å². The summed E-state index contributed by atoms with van der Waals surface area (Å²) in [6.45, 7) is 5.80. The van der Waals surface area contributed by atoms with E-state index in [1.165, 1.54) is 24.3 Å². The molecule has 336 valence electrons. The van der Waals surface area contributed by atoms with Crippen LogP contribution in [0.3, 0.4) is 0 Å². The van der Waals surface area contributed by atoms with Gasteiger partial charge in [-0.1, -0.05) is 18.2 Å². The first-order chi connectivity index (χ1) is 30.4. The van der Waals surface area contributed by atoms with Gasteiger partial charge >= 0.3 is 6.18 Å². The summed E-state index contributed by atoms with van der Waals surface area (Å²) in [6, 6.07) is 12.9. The highest BCUT2D eigenvalue weighted by atomic mass is 19.4. The number of nitrogens with zero attached hydrogens (tertiary/aromatic N) is 3. The molecule has 1 aromatic heterocycles. The van der Waals surface area contributed by atoms with Crippen LogP contribution in [0.15, 0.2) is 71.7 Å². The molecule has 2 fully saturated rings. The summed E-state index contributed by atoms with van der Waals surface area (Å²) in [4.78, 5) is 95.9. The van der Waals surface area contributed by atoms with E-state index in [4.69, 9.17) is 0 Å². The number of hydrogen-bond donors (Lipinski definition) is 5. The smallest absolute Gasteiger partial charge is 0.384 e. The summed E-state index contributed by atoms with van der Waals surface area (Å²) in [7, 11) is 1.98. The third-order valence-electron chi connectivity index (χ3n) is 11.9. The zero-order valence-corrected chi connectivity index (χ0v) is 35.2. The molecule has 3 aliphatic rings. The van der Waals surface area contributed by atoms with Gasteiger partial charge in [-0.05, 0) is 88.5 Å². The molecule has 0 saturated carbocycles. The van der Waals surface area contributed by atoms with Crippen LogP contribution in [0.25, 0.3) is 11.1 Å². The minimum Gasteiger partial charge on any atom is -0.384 e. The molecule has 5 N–H and O–H groups in total. The molecule has 3 aliphatic heterocycles. The third-order valence-corrected chi connectivity index (χ3v) is 11.9. The largest absolute Gasteiger partial charge is 0.417 e. The number of unbranched alkanes of at least 4 members (excludes halogenated alkanes) is 2. The van der Waals surface area contributed by atoms with Crippen molar-refractivity contribution in [1.82, 2.24) is 25.4 Å². The molecule has 0 spiro atoms. The van der Waals surface area contributed by atoms with Gasteiger partial charge in [-0.15, -0.1) is 0 Å². The first-order valence-electron chi connectivity index (χ1n) is 20.8. The summed E-state index contributed by atoms with van der Waals surface area (Å²) >= 11 is 0. The SMILES string of the molecule is C[C@@H]1CN(c2ccc(-c3ccc(C(=O)NCCCCCNc4cccc5c4C(=O)N(C4CCC(=O)NC4=O)C5=O)cc3F)cc2NC(=O)c2c[nH]c(=O)cc2C(F)(F)F)C[C@H](C)N1C. The first kappa shape index (κ1) is 45.1. The number of likely N-dealkylation sites (N-methyl/N-ethyl adjacent to an activating group) is 1. The first-order valence-corrected chi connectivity index (χ1v) is 20.8. The maximum atomic E-state index is 15.8. The number of piperidine rings is 1. The van der Waals surface area contributed by atoms with Crippen LogP contribution >= 0.6 is 0 Å². The molecule has 64 heavy (non-hydrogen) atoms. The number of aromatic nitrogens is 1. The lowest BCUT2D eigenvalue weighted by atomic mass is 10.00. The molecule has 7 rings (SSSR count). The van der Waals surface area contributed by atoms with Crippen LogP contribution < -0.4 is 31.7 Å². The fraction of sp³-hybridized carbons (Fsp3) is 0.356. The minimum atomic E-state index is -4.99. The number of alkyl halides is 3. The van der Waals surface area contributed by atoms with E-state index in [0.29, 0.717) is 62.5 Å². The molecule has 3 atom stereocenters. The van der Waals surface area contributed by atoms with Crippen molar-refractivity contribution >= 4 is 52.5 Å². The molecule has 4 heterocycles. The predicted molar refractivity (Wildman–Crippen MR) is 229 cm³/mol. The number of piperazine rings is 1. The number of hydrogen-bond acceptors (Lipinski definition) is 10. The van der Waals surface area contributed by atoms with E-state index in [0.717, 1.165) is 11.0 Å². The highest BCUT2D eigenvalue weighted by Gasteiger charge is 2.45. The number of rotatable bonds is 13. The van der Waals surface area contributed by atoms with Crippen molar-refractivity contribution in [2.75, 3.05) is 48.8 Å². The van der Waals surface area contributed by atoms with Crippen LogP contribution in [-0.4, -0.2) is 102 Å². The minimum absolute atomic E-state index is 0.0150. The number of benzene rings is 3. The number of imide groups is 2. The number of pyridine rings is 1. The zero-order valence-electron chi connectivity index (χ0n) is 35.2. The lowest BCUT2D eigenvalue weighted by molar-refractivity contribution is -0.138. The van der Waals surface area contributed by atoms with Gasteiger partial charge in [0.2, 0.25) is 17.4 Å². The third kappa shape index (κ3) is 9.39. The number of halogens is 4. The Morgan fingerprint density at radius 2 is 1.56 bits per heavy atom. The Labute approximate surface area is 364 Å². The molecule has 2 saturated heterocycles. The van der Waals surface area contributed by atoms with Crippen molar-refractivity contribution in [2.45, 2.75) is 70.3 Å². The normalized spacial score (nSPS) is 19.1. The van der Waals surface area contributed by atoms with Gasteiger partial charge in [-0.2, -0.15) is 13.2 Å². The van der Waals surface area contributed by atoms with Gasteiger partial charge in [0.25, 0.3) is 23.6 Å². The zero-order chi connectivity index (χ0) is 46.0. The number of anilines is 3. The van der Waals surface area contributed by atoms with Crippen LogP contribution in [0.5, 0.6) is 0 Å². The van der Waals surface area contributed by atoms with E-state index >= 15 is 4.39 Å². The van der Waals surface area contributed by atoms with Crippen molar-refractivity contribution in [3.8, 4) is 11.1 Å². The lowest BCUT2D eigenvalue weighted by Gasteiger charge is -2.44. The van der Waals surface area contributed by atoms with E-state index in [1.807, 2.05) is 25.8 Å². The molecule has 6 amide bonds. The van der Waals surface area contributed by atoms with E-state index in [1.54, 1.807) is 24.3 Å². The Kier molecular flexibility index (Phi) is 13.0. The van der Waals surface area contributed by atoms with Crippen molar-refractivity contribution in [1.29, 1.82) is 0 Å². The van der Waals surface area contributed by atoms with Gasteiger partial charge in [-0.25, -0.2) is 4.39 Å². The number of nitrogens with one attached hydrogen (secondary N) is 5. The molecule has 0 aliphatic carbocycles. The second kappa shape index (κ2) is 18.4. The summed E-state index contributed by atoms with van der Waals surface area (Å²) in [5, 5.41) is 10.7. The van der Waals surface area contributed by atoms with Crippen LogP contribution in [0.4, 0.5) is 34.6 Å². The van der Waals surface area contributed by atoms with Gasteiger partial charge < -0.3 is 25.8 Å². The topological polar surface area (TPSA) is 193 Å². The van der Waals surface area contributed by atoms with Gasteiger partial charge in [0.15, 0.2) is 0 Å². The predicted octanol–water partition coefficient (Wildman–Crippen LogP) is 5.39. The highest BCUT2D eigenvalue weighted by molar-refractivity contribution is 6.25. The van der Waals surface area contributed by atoms with E-state index < -0.39 is 70.2 Å². The van der Waals surface area contributed by atoms with E-state index in [9.17, 15) is 46.7 Å². The molecule has 4 aromatic rings. The summed E-state index contributed by atoms with van der Waals surface area (Å²) in [6.07, 6.45) is -2.37. The maximum absolute atomic E-state index is 15.8. The summed E-state index contributed by atoms with van der Waals surface area (Å²) in [5.74, 6) is -4.77. The highest BCUT2D eigenvalue weighted by Crippen LogP contribution is 2.37. The monoisotopic (exact) mass is 886 g/mol. The molecule has 0 radical (unpaired) electrons. The Morgan fingerprint density at radius 3 is 2.27 bits per heavy atom. The van der Waals surface area contributed by atoms with Crippen molar-refractivity contribution < 1.29 is 46.3 Å². The average Bonchev–Trinajstić information content (AvgIpc) is 3.50. The number of amides is 6. The number of carbonyl (C=O) groups excluding carboxylic acids is 6. The van der Waals surface area contributed by atoms with E-state index in [2.05, 4.69) is 31.2 Å². The second-order valence-corrected chi connectivity index (χ2v) is 16.2. The molecule has 15 nitrogen and oxygen atoms in total. The fourth-order valence-electron chi connectivity index (χ4n) is 8.27. The lowest BCUT2D eigenvalue weighted by Crippen LogP contribution is -2.55. The van der Waals surface area contributed by atoms with Gasteiger partial charge in [-0.3, -0.25) is 48.7 Å². The quantitative estimate of drug-likeness (QED) is 0.0661. The maximum Gasteiger partial charge on any atom is 0.417 e. The molecule has 3 aromatic carbocycles. The van der Waals surface area contributed by atoms with Gasteiger partial charge in [0, 0.05) is 73.8 Å². The summed E-state index contributed by atoms with van der Waals surface area (Å²) < 4.78 is 57.5. The van der Waals surface area contributed by atoms with Crippen LogP contribution in [0, 0.1) is 5.82 Å². The Morgan fingerprint density at radius 1 is 0.828 bits per heavy atom. The van der Waals surface area contributed by atoms with Gasteiger partial charge in [0.1, 0.15) is 11.9 Å². The van der Waals surface area contributed by atoms with Crippen molar-refractivity contribution in [3.63, 3.8) is 0 Å². The van der Waals surface area contributed by atoms with Crippen LogP contribution in [0.1, 0.15) is 92.9 Å². The Hall–Kier alpha value is -6.89. The summed E-state index contributed by atoms with van der Waals surface area (Å²) in [5.41, 5.74) is -1.43. The second-order valence-electron chi connectivity index (χ2n) is 16.2. The number of H-pyrrole nitrogens is 1. The number of carbonyl (C=O) groups is 6. The number of aromatic amines is 1.